The van der Waals surface area contributed by atoms with Crippen LogP contribution in [0.4, 0.5) is 5.69 Å². The average Bonchev–Trinajstić information content (AvgIpc) is 2.86. The molecular weight excluding hydrogens is 437 g/mol. The Balaban J connectivity index is 1.95. The molecular formula is C16H20Cl3N3O4S. The monoisotopic (exact) mass is 455 g/mol. The Morgan fingerprint density at radius 1 is 1.19 bits per heavy atom. The molecule has 1 fully saturated rings. The number of anilines is 1. The number of alkyl halides is 3. The van der Waals surface area contributed by atoms with Gasteiger partial charge in [-0.05, 0) is 24.1 Å². The molecule has 1 aliphatic rings. The lowest BCUT2D eigenvalue weighted by Gasteiger charge is -2.22. The number of rotatable bonds is 6. The van der Waals surface area contributed by atoms with Crippen molar-refractivity contribution in [1.29, 1.82) is 0 Å². The maximum Gasteiger partial charge on any atom is 0.272 e. The highest BCUT2D eigenvalue weighted by atomic mass is 35.6. The number of sulfone groups is 1. The summed E-state index contributed by atoms with van der Waals surface area (Å²) >= 11 is 16.5. The van der Waals surface area contributed by atoms with Crippen LogP contribution in [0.15, 0.2) is 24.3 Å². The van der Waals surface area contributed by atoms with Crippen LogP contribution in [0.3, 0.4) is 0 Å². The van der Waals surface area contributed by atoms with Crippen molar-refractivity contribution in [3.8, 4) is 0 Å². The third kappa shape index (κ3) is 6.80. The zero-order valence-electron chi connectivity index (χ0n) is 14.5. The number of hydrogen-bond acceptors (Lipinski definition) is 5. The van der Waals surface area contributed by atoms with Gasteiger partial charge in [-0.1, -0.05) is 53.9 Å². The minimum atomic E-state index is -3.39. The van der Waals surface area contributed by atoms with Gasteiger partial charge in [0.05, 0.1) is 24.1 Å². The predicted molar refractivity (Wildman–Crippen MR) is 107 cm³/mol. The highest BCUT2D eigenvalue weighted by molar-refractivity contribution is 7.91. The molecule has 3 N–H and O–H groups in total. The molecule has 0 spiro atoms. The third-order valence-electron chi connectivity index (χ3n) is 4.07. The van der Waals surface area contributed by atoms with E-state index >= 15 is 0 Å². The Hall–Kier alpha value is -1.06. The largest absolute Gasteiger partial charge is 0.347 e. The minimum Gasteiger partial charge on any atom is -0.347 e. The van der Waals surface area contributed by atoms with Crippen LogP contribution < -0.4 is 16.0 Å². The Bertz CT molecular complexity index is 811. The van der Waals surface area contributed by atoms with Crippen LogP contribution in [0, 0.1) is 0 Å². The number of carbonyl (C=O) groups is 2. The summed E-state index contributed by atoms with van der Waals surface area (Å²) in [5, 5.41) is 8.00. The Morgan fingerprint density at radius 2 is 1.85 bits per heavy atom. The fourth-order valence-electron chi connectivity index (χ4n) is 2.74. The standard InChI is InChI=1S/C16H20Cl3N3O4S/c1-2-10-4-3-5-11(6-10)21-14(23)7-20-12-8-27(25,26)9-13(12)22-15(24)16(17,18)19/h3-6,12-13,20H,2,7-9H2,1H3,(H,21,23)(H,22,24). The summed E-state index contributed by atoms with van der Waals surface area (Å²) in [5.41, 5.74) is 1.73. The van der Waals surface area contributed by atoms with Gasteiger partial charge in [-0.25, -0.2) is 8.42 Å². The van der Waals surface area contributed by atoms with Crippen molar-refractivity contribution in [2.24, 2.45) is 0 Å². The van der Waals surface area contributed by atoms with E-state index in [1.165, 1.54) is 0 Å². The zero-order valence-corrected chi connectivity index (χ0v) is 17.6. The molecule has 11 heteroatoms. The lowest BCUT2D eigenvalue weighted by atomic mass is 10.1. The van der Waals surface area contributed by atoms with E-state index in [9.17, 15) is 18.0 Å². The number of benzene rings is 1. The van der Waals surface area contributed by atoms with Crippen LogP contribution in [-0.4, -0.2) is 54.2 Å². The molecule has 2 rings (SSSR count). The molecule has 0 aromatic heterocycles. The first-order chi connectivity index (χ1) is 12.5. The van der Waals surface area contributed by atoms with Crippen LogP contribution in [-0.2, 0) is 25.8 Å². The molecule has 1 aromatic rings. The van der Waals surface area contributed by atoms with Gasteiger partial charge in [-0.2, -0.15) is 0 Å². The van der Waals surface area contributed by atoms with Crippen LogP contribution >= 0.6 is 34.8 Å². The van der Waals surface area contributed by atoms with E-state index in [0.717, 1.165) is 12.0 Å². The van der Waals surface area contributed by atoms with Crippen molar-refractivity contribution in [1.82, 2.24) is 10.6 Å². The van der Waals surface area contributed by atoms with Gasteiger partial charge in [0.2, 0.25) is 5.91 Å². The van der Waals surface area contributed by atoms with Gasteiger partial charge < -0.3 is 16.0 Å². The second kappa shape index (κ2) is 8.96. The fourth-order valence-corrected chi connectivity index (χ4v) is 4.80. The first kappa shape index (κ1) is 22.2. The van der Waals surface area contributed by atoms with E-state index < -0.39 is 31.6 Å². The highest BCUT2D eigenvalue weighted by Gasteiger charge is 2.41. The number of halogens is 3. The maximum atomic E-state index is 12.1. The Labute approximate surface area is 173 Å². The number of carbonyl (C=O) groups excluding carboxylic acids is 2. The molecule has 150 valence electrons. The third-order valence-corrected chi connectivity index (χ3v) is 6.32. The molecule has 2 atom stereocenters. The van der Waals surface area contributed by atoms with Crippen molar-refractivity contribution >= 4 is 62.1 Å². The molecule has 1 aromatic carbocycles. The molecule has 2 unspecified atom stereocenters. The second-order valence-corrected chi connectivity index (χ2v) is 10.7. The minimum absolute atomic E-state index is 0.128. The first-order valence-corrected chi connectivity index (χ1v) is 11.2. The summed E-state index contributed by atoms with van der Waals surface area (Å²) in [4.78, 5) is 24.0. The van der Waals surface area contributed by atoms with E-state index in [4.69, 9.17) is 34.8 Å². The van der Waals surface area contributed by atoms with Crippen LogP contribution in [0.5, 0.6) is 0 Å². The molecule has 0 aliphatic carbocycles. The summed E-state index contributed by atoms with van der Waals surface area (Å²) in [5.74, 6) is -1.77. The van der Waals surface area contributed by atoms with E-state index in [1.807, 2.05) is 25.1 Å². The normalized spacial score (nSPS) is 21.6. The molecule has 2 amide bonds. The van der Waals surface area contributed by atoms with Gasteiger partial charge in [-0.15, -0.1) is 0 Å². The van der Waals surface area contributed by atoms with Gasteiger partial charge >= 0.3 is 0 Å². The zero-order chi connectivity index (χ0) is 20.2. The van der Waals surface area contributed by atoms with Crippen molar-refractivity contribution < 1.29 is 18.0 Å². The van der Waals surface area contributed by atoms with Crippen molar-refractivity contribution in [3.63, 3.8) is 0 Å². The molecule has 0 saturated carbocycles. The summed E-state index contributed by atoms with van der Waals surface area (Å²) in [6, 6.07) is 5.96. The van der Waals surface area contributed by atoms with Gasteiger partial charge in [0, 0.05) is 11.7 Å². The first-order valence-electron chi connectivity index (χ1n) is 8.20. The van der Waals surface area contributed by atoms with E-state index in [-0.39, 0.29) is 24.0 Å². The van der Waals surface area contributed by atoms with E-state index in [0.29, 0.717) is 5.69 Å². The van der Waals surface area contributed by atoms with Crippen molar-refractivity contribution in [2.75, 3.05) is 23.4 Å². The Kier molecular flexibility index (Phi) is 7.38. The lowest BCUT2D eigenvalue weighted by molar-refractivity contribution is -0.120. The predicted octanol–water partition coefficient (Wildman–Crippen LogP) is 1.43. The Morgan fingerprint density at radius 3 is 2.48 bits per heavy atom. The number of hydrogen-bond donors (Lipinski definition) is 3. The van der Waals surface area contributed by atoms with E-state index in [1.54, 1.807) is 6.07 Å². The van der Waals surface area contributed by atoms with E-state index in [2.05, 4.69) is 16.0 Å². The molecule has 0 bridgehead atoms. The SMILES string of the molecule is CCc1cccc(NC(=O)CNC2CS(=O)(=O)CC2NC(=O)C(Cl)(Cl)Cl)c1. The number of aryl methyl sites for hydroxylation is 1. The molecule has 27 heavy (non-hydrogen) atoms. The van der Waals surface area contributed by atoms with Crippen molar-refractivity contribution in [2.45, 2.75) is 29.2 Å². The molecule has 1 heterocycles. The second-order valence-electron chi connectivity index (χ2n) is 6.24. The van der Waals surface area contributed by atoms with Gasteiger partial charge in [0.1, 0.15) is 0 Å². The fraction of sp³-hybridized carbons (Fsp3) is 0.500. The van der Waals surface area contributed by atoms with Gasteiger partial charge in [0.25, 0.3) is 9.70 Å². The highest BCUT2D eigenvalue weighted by Crippen LogP contribution is 2.26. The average molecular weight is 457 g/mol. The smallest absolute Gasteiger partial charge is 0.272 e. The molecule has 1 saturated heterocycles. The summed E-state index contributed by atoms with van der Waals surface area (Å²) in [6.07, 6.45) is 0.840. The van der Waals surface area contributed by atoms with Crippen molar-refractivity contribution in [3.05, 3.63) is 29.8 Å². The summed E-state index contributed by atoms with van der Waals surface area (Å²) in [6.45, 7) is 1.88. The van der Waals surface area contributed by atoms with Gasteiger partial charge in [-0.3, -0.25) is 9.59 Å². The lowest BCUT2D eigenvalue weighted by Crippen LogP contribution is -2.53. The summed E-state index contributed by atoms with van der Waals surface area (Å²) < 4.78 is 21.6. The summed E-state index contributed by atoms with van der Waals surface area (Å²) in [7, 11) is -3.39. The van der Waals surface area contributed by atoms with Gasteiger partial charge in [0.15, 0.2) is 9.84 Å². The molecule has 0 radical (unpaired) electrons. The van der Waals surface area contributed by atoms with Crippen LogP contribution in [0.1, 0.15) is 12.5 Å². The van der Waals surface area contributed by atoms with Crippen LogP contribution in [0.2, 0.25) is 0 Å². The topological polar surface area (TPSA) is 104 Å². The maximum absolute atomic E-state index is 12.1. The number of nitrogens with one attached hydrogen (secondary N) is 3. The van der Waals surface area contributed by atoms with Crippen LogP contribution in [0.25, 0.3) is 0 Å². The molecule has 1 aliphatic heterocycles. The number of amides is 2. The quantitative estimate of drug-likeness (QED) is 0.562. The molecule has 7 nitrogen and oxygen atoms in total.